The van der Waals surface area contributed by atoms with Crippen LogP contribution in [0.1, 0.15) is 0 Å². The van der Waals surface area contributed by atoms with Gasteiger partial charge in [-0.25, -0.2) is 13.1 Å². The van der Waals surface area contributed by atoms with Crippen LogP contribution in [0.5, 0.6) is 0 Å². The Morgan fingerprint density at radius 3 is 2.60 bits per heavy atom. The molecule has 20 heavy (non-hydrogen) atoms. The van der Waals surface area contributed by atoms with Crippen LogP contribution in [-0.4, -0.2) is 51.5 Å². The average molecular weight is 302 g/mol. The summed E-state index contributed by atoms with van der Waals surface area (Å²) in [6.07, 6.45) is 0. The van der Waals surface area contributed by atoms with E-state index in [1.807, 2.05) is 11.9 Å². The van der Waals surface area contributed by atoms with Crippen LogP contribution in [0.2, 0.25) is 0 Å². The standard InChI is InChI=1S/C11H18N4O4S/c1-14(8-6-12)9-7-13-20(18,19)11-5-3-2-4-10(11)15(16)17/h2-5,13H,6-9,12H2,1H3. The summed E-state index contributed by atoms with van der Waals surface area (Å²) in [7, 11) is -2.08. The summed E-state index contributed by atoms with van der Waals surface area (Å²) in [4.78, 5) is 11.6. The van der Waals surface area contributed by atoms with Crippen LogP contribution in [0, 0.1) is 10.1 Å². The highest BCUT2D eigenvalue weighted by atomic mass is 32.2. The fourth-order valence-corrected chi connectivity index (χ4v) is 2.81. The lowest BCUT2D eigenvalue weighted by Crippen LogP contribution is -2.35. The van der Waals surface area contributed by atoms with Gasteiger partial charge in [-0.2, -0.15) is 0 Å². The van der Waals surface area contributed by atoms with E-state index < -0.39 is 20.6 Å². The third-order valence-electron chi connectivity index (χ3n) is 2.65. The fraction of sp³-hybridized carbons (Fsp3) is 0.455. The van der Waals surface area contributed by atoms with E-state index in [4.69, 9.17) is 5.73 Å². The van der Waals surface area contributed by atoms with Crippen LogP contribution < -0.4 is 10.5 Å². The Balaban J connectivity index is 2.77. The number of nitro groups is 1. The summed E-state index contributed by atoms with van der Waals surface area (Å²) in [6.45, 7) is 1.75. The summed E-state index contributed by atoms with van der Waals surface area (Å²) < 4.78 is 26.4. The van der Waals surface area contributed by atoms with E-state index in [0.717, 1.165) is 6.07 Å². The minimum Gasteiger partial charge on any atom is -0.329 e. The van der Waals surface area contributed by atoms with Crippen molar-refractivity contribution >= 4 is 15.7 Å². The van der Waals surface area contributed by atoms with Gasteiger partial charge in [-0.15, -0.1) is 0 Å². The Hall–Kier alpha value is -1.55. The molecule has 0 bridgehead atoms. The number of rotatable bonds is 8. The molecule has 0 aliphatic carbocycles. The highest BCUT2D eigenvalue weighted by Gasteiger charge is 2.24. The molecular formula is C11H18N4O4S. The number of hydrogen-bond acceptors (Lipinski definition) is 6. The van der Waals surface area contributed by atoms with Crippen molar-refractivity contribution in [3.05, 3.63) is 34.4 Å². The van der Waals surface area contributed by atoms with Gasteiger partial charge in [-0.1, -0.05) is 12.1 Å². The molecule has 0 fully saturated rings. The maximum atomic E-state index is 12.0. The minimum absolute atomic E-state index is 0.158. The molecule has 0 aliphatic heterocycles. The lowest BCUT2D eigenvalue weighted by atomic mass is 10.3. The Labute approximate surface area is 117 Å². The van der Waals surface area contributed by atoms with E-state index >= 15 is 0 Å². The number of likely N-dealkylation sites (N-methyl/N-ethyl adjacent to an activating group) is 1. The van der Waals surface area contributed by atoms with Gasteiger partial charge in [0.1, 0.15) is 0 Å². The van der Waals surface area contributed by atoms with Crippen molar-refractivity contribution in [2.24, 2.45) is 5.73 Å². The zero-order chi connectivity index (χ0) is 15.2. The second kappa shape index (κ2) is 7.29. The quantitative estimate of drug-likeness (QED) is 0.505. The number of benzene rings is 1. The zero-order valence-electron chi connectivity index (χ0n) is 11.2. The number of nitrogens with two attached hydrogens (primary N) is 1. The molecule has 0 saturated carbocycles. The first-order valence-corrected chi connectivity index (χ1v) is 7.48. The van der Waals surface area contributed by atoms with Crippen LogP contribution in [0.25, 0.3) is 0 Å². The first kappa shape index (κ1) is 16.5. The molecule has 0 aromatic heterocycles. The van der Waals surface area contributed by atoms with Gasteiger partial charge in [-0.05, 0) is 13.1 Å². The number of nitrogens with one attached hydrogen (secondary N) is 1. The smallest absolute Gasteiger partial charge is 0.289 e. The van der Waals surface area contributed by atoms with Crippen molar-refractivity contribution in [2.75, 3.05) is 33.2 Å². The topological polar surface area (TPSA) is 119 Å². The Kier molecular flexibility index (Phi) is 6.02. The second-order valence-electron chi connectivity index (χ2n) is 4.21. The summed E-state index contributed by atoms with van der Waals surface area (Å²) >= 11 is 0. The minimum atomic E-state index is -3.90. The molecular weight excluding hydrogens is 284 g/mol. The van der Waals surface area contributed by atoms with E-state index in [1.165, 1.54) is 18.2 Å². The van der Waals surface area contributed by atoms with Crippen molar-refractivity contribution in [3.63, 3.8) is 0 Å². The fourth-order valence-electron chi connectivity index (χ4n) is 1.62. The lowest BCUT2D eigenvalue weighted by molar-refractivity contribution is -0.387. The summed E-state index contributed by atoms with van der Waals surface area (Å²) in [5, 5.41) is 10.8. The van der Waals surface area contributed by atoms with Gasteiger partial charge in [0, 0.05) is 32.2 Å². The van der Waals surface area contributed by atoms with Gasteiger partial charge in [0.05, 0.1) is 4.92 Å². The molecule has 112 valence electrons. The van der Waals surface area contributed by atoms with Gasteiger partial charge in [-0.3, -0.25) is 10.1 Å². The highest BCUT2D eigenvalue weighted by Crippen LogP contribution is 2.22. The van der Waals surface area contributed by atoms with E-state index in [-0.39, 0.29) is 11.4 Å². The van der Waals surface area contributed by atoms with Crippen molar-refractivity contribution in [1.29, 1.82) is 0 Å². The molecule has 0 aliphatic rings. The average Bonchev–Trinajstić information content (AvgIpc) is 2.38. The molecule has 1 rings (SSSR count). The van der Waals surface area contributed by atoms with Crippen LogP contribution in [-0.2, 0) is 10.0 Å². The predicted molar refractivity (Wildman–Crippen MR) is 74.8 cm³/mol. The SMILES string of the molecule is CN(CCN)CCNS(=O)(=O)c1ccccc1[N+](=O)[O-]. The van der Waals surface area contributed by atoms with Gasteiger partial charge >= 0.3 is 0 Å². The third kappa shape index (κ3) is 4.53. The molecule has 0 atom stereocenters. The molecule has 1 aromatic carbocycles. The summed E-state index contributed by atoms with van der Waals surface area (Å²) in [5.41, 5.74) is 4.94. The Morgan fingerprint density at radius 1 is 1.35 bits per heavy atom. The zero-order valence-corrected chi connectivity index (χ0v) is 12.0. The molecule has 8 nitrogen and oxygen atoms in total. The van der Waals surface area contributed by atoms with Gasteiger partial charge in [0.15, 0.2) is 4.90 Å². The van der Waals surface area contributed by atoms with E-state index in [0.29, 0.717) is 19.6 Å². The maximum Gasteiger partial charge on any atom is 0.289 e. The van der Waals surface area contributed by atoms with E-state index in [9.17, 15) is 18.5 Å². The molecule has 0 spiro atoms. The molecule has 9 heteroatoms. The second-order valence-corrected chi connectivity index (χ2v) is 5.95. The first-order valence-electron chi connectivity index (χ1n) is 6.00. The van der Waals surface area contributed by atoms with Gasteiger partial charge in [0.2, 0.25) is 10.0 Å². The number of nitro benzene ring substituents is 1. The van der Waals surface area contributed by atoms with Crippen LogP contribution in [0.4, 0.5) is 5.69 Å². The van der Waals surface area contributed by atoms with Crippen LogP contribution in [0.3, 0.4) is 0 Å². The Bertz CT molecular complexity index is 561. The molecule has 0 radical (unpaired) electrons. The van der Waals surface area contributed by atoms with Crippen molar-refractivity contribution in [1.82, 2.24) is 9.62 Å². The molecule has 0 heterocycles. The highest BCUT2D eigenvalue weighted by molar-refractivity contribution is 7.89. The molecule has 0 unspecified atom stereocenters. The molecule has 0 saturated heterocycles. The molecule has 0 amide bonds. The normalized spacial score (nSPS) is 11.8. The largest absolute Gasteiger partial charge is 0.329 e. The number of hydrogen-bond donors (Lipinski definition) is 2. The van der Waals surface area contributed by atoms with Gasteiger partial charge in [0.25, 0.3) is 5.69 Å². The van der Waals surface area contributed by atoms with Crippen molar-refractivity contribution in [2.45, 2.75) is 4.90 Å². The lowest BCUT2D eigenvalue weighted by Gasteiger charge is -2.15. The molecule has 3 N–H and O–H groups in total. The van der Waals surface area contributed by atoms with E-state index in [1.54, 1.807) is 0 Å². The predicted octanol–water partition coefficient (Wildman–Crippen LogP) is -0.236. The number of sulfonamides is 1. The van der Waals surface area contributed by atoms with Crippen LogP contribution >= 0.6 is 0 Å². The third-order valence-corrected chi connectivity index (χ3v) is 4.16. The molecule has 1 aromatic rings. The number of para-hydroxylation sites is 1. The maximum absolute atomic E-state index is 12.0. The van der Waals surface area contributed by atoms with Crippen molar-refractivity contribution in [3.8, 4) is 0 Å². The Morgan fingerprint density at radius 2 is 2.00 bits per heavy atom. The summed E-state index contributed by atoms with van der Waals surface area (Å²) in [6, 6.07) is 5.24. The number of nitrogens with zero attached hydrogens (tertiary/aromatic N) is 2. The van der Waals surface area contributed by atoms with Gasteiger partial charge < -0.3 is 10.6 Å². The van der Waals surface area contributed by atoms with E-state index in [2.05, 4.69) is 4.72 Å². The monoisotopic (exact) mass is 302 g/mol. The first-order chi connectivity index (χ1) is 9.38. The van der Waals surface area contributed by atoms with Crippen LogP contribution in [0.15, 0.2) is 29.2 Å². The van der Waals surface area contributed by atoms with Crippen molar-refractivity contribution < 1.29 is 13.3 Å². The summed E-state index contributed by atoms with van der Waals surface area (Å²) in [5.74, 6) is 0.